The van der Waals surface area contributed by atoms with Gasteiger partial charge < -0.3 is 10.1 Å². The Labute approximate surface area is 110 Å². The predicted molar refractivity (Wildman–Crippen MR) is 71.3 cm³/mol. The van der Waals surface area contributed by atoms with E-state index in [0.29, 0.717) is 16.8 Å². The van der Waals surface area contributed by atoms with Gasteiger partial charge in [0.1, 0.15) is 5.76 Å². The number of nitrogens with one attached hydrogen (secondary N) is 1. The van der Waals surface area contributed by atoms with Crippen LogP contribution >= 0.6 is 0 Å². The van der Waals surface area contributed by atoms with Crippen LogP contribution in [0.5, 0.6) is 0 Å². The molecule has 3 rings (SSSR count). The second kappa shape index (κ2) is 4.29. The molecule has 94 valence electrons. The highest BCUT2D eigenvalue weighted by molar-refractivity contribution is 5.68. The Bertz CT molecular complexity index is 729. The molecule has 0 bridgehead atoms. The summed E-state index contributed by atoms with van der Waals surface area (Å²) in [7, 11) is 0. The molecule has 2 aliphatic carbocycles. The monoisotopic (exact) mass is 252 g/mol. The fourth-order valence-electron chi connectivity index (χ4n) is 2.59. The number of allylic oxidation sites excluding steroid dienone is 5. The summed E-state index contributed by atoms with van der Waals surface area (Å²) in [6.07, 6.45) is 7.04. The number of H-pyrrole nitrogens is 1. The number of aliphatic hydroxyl groups is 1. The van der Waals surface area contributed by atoms with Crippen molar-refractivity contribution in [3.8, 4) is 6.07 Å². The van der Waals surface area contributed by atoms with Crippen LogP contribution in [0.4, 0.5) is 0 Å². The number of aliphatic hydroxyl groups excluding tert-OH is 1. The first-order valence-corrected chi connectivity index (χ1v) is 6.15. The highest BCUT2D eigenvalue weighted by Crippen LogP contribution is 2.35. The Kier molecular flexibility index (Phi) is 2.60. The third-order valence-corrected chi connectivity index (χ3v) is 3.59. The Morgan fingerprint density at radius 3 is 3.05 bits per heavy atom. The highest BCUT2D eigenvalue weighted by Gasteiger charge is 2.24. The first-order chi connectivity index (χ1) is 9.19. The molecule has 1 heterocycles. The zero-order valence-electron chi connectivity index (χ0n) is 10.2. The number of aromatic nitrogens is 1. The van der Waals surface area contributed by atoms with Crippen LogP contribution in [0.3, 0.4) is 0 Å². The van der Waals surface area contributed by atoms with Gasteiger partial charge in [-0.15, -0.1) is 0 Å². The number of fused-ring (bicyclic) bond motifs is 2. The SMILES string of the molecule is N#CC1=CC2=C(O)c3[nH]c(=O)ccc3CCC2C=C1. The lowest BCUT2D eigenvalue weighted by molar-refractivity contribution is 0.499. The summed E-state index contributed by atoms with van der Waals surface area (Å²) in [5.41, 5.74) is 2.40. The maximum absolute atomic E-state index is 11.4. The van der Waals surface area contributed by atoms with Gasteiger partial charge in [-0.05, 0) is 30.6 Å². The van der Waals surface area contributed by atoms with Gasteiger partial charge in [0.05, 0.1) is 17.3 Å². The molecule has 0 spiro atoms. The summed E-state index contributed by atoms with van der Waals surface area (Å²) in [5, 5.41) is 19.3. The molecule has 19 heavy (non-hydrogen) atoms. The van der Waals surface area contributed by atoms with Crippen LogP contribution in [0.25, 0.3) is 5.76 Å². The minimum absolute atomic E-state index is 0.0762. The van der Waals surface area contributed by atoms with E-state index in [2.05, 4.69) is 11.1 Å². The number of nitrogens with zero attached hydrogens (tertiary/aromatic N) is 1. The van der Waals surface area contributed by atoms with Gasteiger partial charge in [0.25, 0.3) is 0 Å². The van der Waals surface area contributed by atoms with Crippen molar-refractivity contribution < 1.29 is 5.11 Å². The minimum Gasteiger partial charge on any atom is -0.505 e. The lowest BCUT2D eigenvalue weighted by Gasteiger charge is -2.16. The molecule has 0 radical (unpaired) electrons. The van der Waals surface area contributed by atoms with E-state index in [1.165, 1.54) is 6.07 Å². The van der Waals surface area contributed by atoms with Crippen LogP contribution in [-0.4, -0.2) is 10.1 Å². The van der Waals surface area contributed by atoms with Crippen LogP contribution in [0.2, 0.25) is 0 Å². The van der Waals surface area contributed by atoms with E-state index in [1.54, 1.807) is 18.2 Å². The molecule has 2 N–H and O–H groups in total. The molecular weight excluding hydrogens is 240 g/mol. The Morgan fingerprint density at radius 1 is 1.42 bits per heavy atom. The van der Waals surface area contributed by atoms with E-state index < -0.39 is 0 Å². The van der Waals surface area contributed by atoms with E-state index >= 15 is 0 Å². The third-order valence-electron chi connectivity index (χ3n) is 3.59. The van der Waals surface area contributed by atoms with Crippen LogP contribution in [0.15, 0.2) is 46.3 Å². The molecule has 2 aliphatic rings. The van der Waals surface area contributed by atoms with Crippen molar-refractivity contribution >= 4 is 5.76 Å². The van der Waals surface area contributed by atoms with Crippen LogP contribution in [0, 0.1) is 17.2 Å². The first-order valence-electron chi connectivity index (χ1n) is 6.15. The van der Waals surface area contributed by atoms with Crippen LogP contribution in [0.1, 0.15) is 17.7 Å². The number of aryl methyl sites for hydroxylation is 1. The van der Waals surface area contributed by atoms with E-state index in [4.69, 9.17) is 5.26 Å². The predicted octanol–water partition coefficient (Wildman–Crippen LogP) is 2.23. The van der Waals surface area contributed by atoms with E-state index in [9.17, 15) is 9.90 Å². The van der Waals surface area contributed by atoms with Gasteiger partial charge in [0, 0.05) is 17.6 Å². The Balaban J connectivity index is 2.22. The van der Waals surface area contributed by atoms with Crippen LogP contribution < -0.4 is 5.56 Å². The molecule has 0 amide bonds. The summed E-state index contributed by atoms with van der Waals surface area (Å²) < 4.78 is 0. The van der Waals surface area contributed by atoms with Gasteiger partial charge in [-0.3, -0.25) is 4.79 Å². The zero-order chi connectivity index (χ0) is 13.4. The maximum atomic E-state index is 11.4. The van der Waals surface area contributed by atoms with Gasteiger partial charge in [-0.2, -0.15) is 5.26 Å². The Hall–Kier alpha value is -2.54. The molecular formula is C15H12N2O2. The van der Waals surface area contributed by atoms with Gasteiger partial charge in [0.2, 0.25) is 5.56 Å². The van der Waals surface area contributed by atoms with Crippen molar-refractivity contribution in [2.75, 3.05) is 0 Å². The standard InChI is InChI=1S/C15H12N2O2/c16-8-9-1-2-10-3-4-11-5-6-13(18)17-14(11)15(19)12(10)7-9/h1-2,5-7,10,19H,3-4H2,(H,17,18). The lowest BCUT2D eigenvalue weighted by Crippen LogP contribution is -2.09. The topological polar surface area (TPSA) is 76.9 Å². The molecule has 0 aliphatic heterocycles. The number of pyridine rings is 1. The fraction of sp³-hybridized carbons (Fsp3) is 0.200. The summed E-state index contributed by atoms with van der Waals surface area (Å²) in [5.74, 6) is 0.167. The Morgan fingerprint density at radius 2 is 2.26 bits per heavy atom. The smallest absolute Gasteiger partial charge is 0.248 e. The number of rotatable bonds is 0. The lowest BCUT2D eigenvalue weighted by atomic mass is 9.88. The molecule has 0 saturated heterocycles. The van der Waals surface area contributed by atoms with Crippen molar-refractivity contribution in [3.05, 3.63) is 63.1 Å². The van der Waals surface area contributed by atoms with Crippen molar-refractivity contribution in [1.29, 1.82) is 5.26 Å². The first kappa shape index (κ1) is 11.5. The molecule has 1 unspecified atom stereocenters. The van der Waals surface area contributed by atoms with Crippen molar-refractivity contribution in [1.82, 2.24) is 4.98 Å². The molecule has 0 saturated carbocycles. The summed E-state index contributed by atoms with van der Waals surface area (Å²) in [6, 6.07) is 5.29. The van der Waals surface area contributed by atoms with Crippen molar-refractivity contribution in [2.45, 2.75) is 12.8 Å². The van der Waals surface area contributed by atoms with E-state index in [0.717, 1.165) is 18.4 Å². The second-order valence-corrected chi connectivity index (χ2v) is 4.74. The number of hydrogen-bond donors (Lipinski definition) is 2. The van der Waals surface area contributed by atoms with Gasteiger partial charge in [-0.1, -0.05) is 12.1 Å². The molecule has 4 nitrogen and oxygen atoms in total. The largest absolute Gasteiger partial charge is 0.505 e. The molecule has 4 heteroatoms. The second-order valence-electron chi connectivity index (χ2n) is 4.74. The summed E-state index contributed by atoms with van der Waals surface area (Å²) in [4.78, 5) is 14.1. The summed E-state index contributed by atoms with van der Waals surface area (Å²) >= 11 is 0. The average molecular weight is 252 g/mol. The molecule has 1 aromatic heterocycles. The molecule has 1 aromatic rings. The normalized spacial score (nSPS) is 21.0. The third kappa shape index (κ3) is 1.89. The van der Waals surface area contributed by atoms with Gasteiger partial charge >= 0.3 is 0 Å². The molecule has 0 fully saturated rings. The minimum atomic E-state index is -0.236. The average Bonchev–Trinajstić information content (AvgIpc) is 2.57. The maximum Gasteiger partial charge on any atom is 0.248 e. The number of aromatic amines is 1. The zero-order valence-corrected chi connectivity index (χ0v) is 10.2. The summed E-state index contributed by atoms with van der Waals surface area (Å²) in [6.45, 7) is 0. The van der Waals surface area contributed by atoms with Gasteiger partial charge in [-0.25, -0.2) is 0 Å². The quantitative estimate of drug-likeness (QED) is 0.743. The van der Waals surface area contributed by atoms with E-state index in [1.807, 2.05) is 6.08 Å². The van der Waals surface area contributed by atoms with Gasteiger partial charge in [0.15, 0.2) is 0 Å². The van der Waals surface area contributed by atoms with E-state index in [-0.39, 0.29) is 17.2 Å². The van der Waals surface area contributed by atoms with Crippen molar-refractivity contribution in [2.24, 2.45) is 5.92 Å². The molecule has 0 aromatic carbocycles. The number of hydrogen-bond acceptors (Lipinski definition) is 3. The van der Waals surface area contributed by atoms with Crippen LogP contribution in [-0.2, 0) is 6.42 Å². The van der Waals surface area contributed by atoms with Crippen molar-refractivity contribution in [3.63, 3.8) is 0 Å². The highest BCUT2D eigenvalue weighted by atomic mass is 16.3. The fourth-order valence-corrected chi connectivity index (χ4v) is 2.59. The molecule has 1 atom stereocenters. The number of nitriles is 1.